The molecule has 17 heteroatoms. The molecule has 2 aromatic heterocycles. The third-order valence-electron chi connectivity index (χ3n) is 8.31. The molecule has 1 atom stereocenters. The summed E-state index contributed by atoms with van der Waals surface area (Å²) >= 11 is 0. The van der Waals surface area contributed by atoms with E-state index in [4.69, 9.17) is 4.74 Å². The van der Waals surface area contributed by atoms with Gasteiger partial charge in [0.15, 0.2) is 6.29 Å². The Hall–Kier alpha value is -6.91. The van der Waals surface area contributed by atoms with Crippen LogP contribution in [0.2, 0.25) is 0 Å². The standard InChI is InChI=1S/C29H38FN7O3.C14H15FN4O/c1-7-14-31-25-20(18-33-27(36-25)35-23-12-8-10-21(30)15-23)17-32-22-11-9-13-24(16-22)34-26(38)19(2)37(6)28(39)40-29(3,4)5;1-2-6-16-13-10(9-20)8-17-14(19-13)18-12-5-3-4-11(15)7-12/h8-13,15-16,18-19,32H,7,14,17H2,1-6H3,(H,34,38)(H2,31,33,35,36);3-5,7-9H,2,6H2,1H3,(H2,16,17,18,19)/t19-;/m0./s1. The molecule has 0 spiro atoms. The Morgan fingerprint density at radius 1 is 0.767 bits per heavy atom. The van der Waals surface area contributed by atoms with Crippen LogP contribution in [0.25, 0.3) is 0 Å². The highest BCUT2D eigenvalue weighted by Crippen LogP contribution is 2.22. The van der Waals surface area contributed by atoms with E-state index in [1.54, 1.807) is 70.3 Å². The van der Waals surface area contributed by atoms with Crippen LogP contribution in [0, 0.1) is 11.6 Å². The fourth-order valence-electron chi connectivity index (χ4n) is 5.12. The van der Waals surface area contributed by atoms with Crippen molar-refractivity contribution in [2.75, 3.05) is 52.0 Å². The number of ether oxygens (including phenoxy) is 1. The first-order valence-electron chi connectivity index (χ1n) is 19.5. The molecule has 0 saturated carbocycles. The maximum absolute atomic E-state index is 13.6. The number of carbonyl (C=O) groups is 3. The highest BCUT2D eigenvalue weighted by molar-refractivity contribution is 5.96. The molecular weight excluding hydrogens is 773 g/mol. The summed E-state index contributed by atoms with van der Waals surface area (Å²) in [5, 5.41) is 18.5. The lowest BCUT2D eigenvalue weighted by Crippen LogP contribution is -2.45. The number of nitrogens with zero attached hydrogens (tertiary/aromatic N) is 5. The second kappa shape index (κ2) is 22.3. The van der Waals surface area contributed by atoms with Crippen LogP contribution in [0.3, 0.4) is 0 Å². The molecule has 0 aliphatic carbocycles. The van der Waals surface area contributed by atoms with E-state index >= 15 is 0 Å². The average Bonchev–Trinajstić information content (AvgIpc) is 3.21. The second-order valence-electron chi connectivity index (χ2n) is 14.5. The molecular formula is C43H53F2N11O4. The van der Waals surface area contributed by atoms with Crippen molar-refractivity contribution < 1.29 is 27.9 Å². The van der Waals surface area contributed by atoms with Gasteiger partial charge in [0.1, 0.15) is 34.9 Å². The lowest BCUT2D eigenvalue weighted by atomic mass is 10.2. The van der Waals surface area contributed by atoms with Crippen molar-refractivity contribution in [3.8, 4) is 0 Å². The quantitative estimate of drug-likeness (QED) is 0.0488. The first-order valence-corrected chi connectivity index (χ1v) is 19.5. The fourth-order valence-corrected chi connectivity index (χ4v) is 5.12. The number of aromatic nitrogens is 4. The van der Waals surface area contributed by atoms with Gasteiger partial charge >= 0.3 is 6.09 Å². The average molecular weight is 826 g/mol. The van der Waals surface area contributed by atoms with Crippen molar-refractivity contribution in [2.45, 2.75) is 72.6 Å². The fraction of sp³-hybridized carbons (Fsp3) is 0.326. The van der Waals surface area contributed by atoms with Gasteiger partial charge in [-0.3, -0.25) is 14.5 Å². The summed E-state index contributed by atoms with van der Waals surface area (Å²) in [6, 6.07) is 18.6. The van der Waals surface area contributed by atoms with Gasteiger partial charge < -0.3 is 36.6 Å². The summed E-state index contributed by atoms with van der Waals surface area (Å²) < 4.78 is 32.0. The first kappa shape index (κ1) is 45.8. The molecule has 0 saturated heterocycles. The molecule has 15 nitrogen and oxygen atoms in total. The minimum Gasteiger partial charge on any atom is -0.444 e. The number of rotatable bonds is 17. The molecule has 60 heavy (non-hydrogen) atoms. The van der Waals surface area contributed by atoms with E-state index < -0.39 is 17.7 Å². The maximum atomic E-state index is 13.6. The summed E-state index contributed by atoms with van der Waals surface area (Å²) in [5.74, 6) is 0.749. The zero-order valence-electron chi connectivity index (χ0n) is 34.9. The predicted molar refractivity (Wildman–Crippen MR) is 232 cm³/mol. The lowest BCUT2D eigenvalue weighted by molar-refractivity contribution is -0.120. The highest BCUT2D eigenvalue weighted by atomic mass is 19.1. The van der Waals surface area contributed by atoms with Gasteiger partial charge in [0.05, 0.1) is 5.56 Å². The first-order chi connectivity index (χ1) is 28.7. The monoisotopic (exact) mass is 825 g/mol. The molecule has 5 rings (SSSR count). The predicted octanol–water partition coefficient (Wildman–Crippen LogP) is 8.98. The van der Waals surface area contributed by atoms with E-state index in [0.29, 0.717) is 65.5 Å². The van der Waals surface area contributed by atoms with Gasteiger partial charge in [0, 0.05) is 67.4 Å². The number of halogens is 2. The lowest BCUT2D eigenvalue weighted by Gasteiger charge is -2.28. The van der Waals surface area contributed by atoms with Crippen LogP contribution in [0.1, 0.15) is 70.3 Å². The van der Waals surface area contributed by atoms with Crippen molar-refractivity contribution in [1.29, 1.82) is 0 Å². The van der Waals surface area contributed by atoms with E-state index in [-0.39, 0.29) is 17.5 Å². The number of hydrogen-bond donors (Lipinski definition) is 6. The van der Waals surface area contributed by atoms with Crippen molar-refractivity contribution in [2.24, 2.45) is 0 Å². The molecule has 318 valence electrons. The summed E-state index contributed by atoms with van der Waals surface area (Å²) in [5.41, 5.74) is 3.02. The number of likely N-dealkylation sites (N-methyl/N-ethyl adjacent to an activating group) is 1. The Labute approximate surface area is 349 Å². The number of amides is 2. The summed E-state index contributed by atoms with van der Waals surface area (Å²) in [6.07, 6.45) is 5.09. The van der Waals surface area contributed by atoms with Crippen LogP contribution in [0.5, 0.6) is 0 Å². The number of aldehydes is 1. The molecule has 2 amide bonds. The minimum atomic E-state index is -0.740. The van der Waals surface area contributed by atoms with Crippen molar-refractivity contribution in [3.05, 3.63) is 108 Å². The van der Waals surface area contributed by atoms with E-state index in [1.807, 2.05) is 19.1 Å². The van der Waals surface area contributed by atoms with E-state index in [9.17, 15) is 23.2 Å². The van der Waals surface area contributed by atoms with Gasteiger partial charge in [-0.2, -0.15) is 9.97 Å². The maximum Gasteiger partial charge on any atom is 0.410 e. The molecule has 3 aromatic carbocycles. The molecule has 2 heterocycles. The van der Waals surface area contributed by atoms with Crippen LogP contribution in [-0.2, 0) is 16.1 Å². The smallest absolute Gasteiger partial charge is 0.410 e. The Kier molecular flexibility index (Phi) is 17.0. The molecule has 0 radical (unpaired) electrons. The number of carbonyl (C=O) groups excluding carboxylic acids is 3. The molecule has 0 bridgehead atoms. The number of nitrogens with one attached hydrogen (secondary N) is 6. The molecule has 0 aliphatic rings. The number of benzene rings is 3. The van der Waals surface area contributed by atoms with E-state index in [1.165, 1.54) is 42.4 Å². The van der Waals surface area contributed by atoms with E-state index in [0.717, 1.165) is 30.6 Å². The van der Waals surface area contributed by atoms with Gasteiger partial charge in [0.25, 0.3) is 0 Å². The Balaban J connectivity index is 0.000000331. The summed E-state index contributed by atoms with van der Waals surface area (Å²) in [6.45, 7) is 12.9. The summed E-state index contributed by atoms with van der Waals surface area (Å²) in [4.78, 5) is 54.5. The van der Waals surface area contributed by atoms with Crippen LogP contribution in [-0.4, -0.2) is 74.9 Å². The molecule has 0 aliphatic heterocycles. The second-order valence-corrected chi connectivity index (χ2v) is 14.5. The minimum absolute atomic E-state index is 0.305. The van der Waals surface area contributed by atoms with Crippen LogP contribution in [0.15, 0.2) is 85.2 Å². The van der Waals surface area contributed by atoms with Crippen LogP contribution < -0.4 is 31.9 Å². The zero-order valence-corrected chi connectivity index (χ0v) is 34.9. The Bertz CT molecular complexity index is 2200. The van der Waals surface area contributed by atoms with Gasteiger partial charge in [-0.15, -0.1) is 0 Å². The zero-order chi connectivity index (χ0) is 43.7. The van der Waals surface area contributed by atoms with Crippen molar-refractivity contribution in [1.82, 2.24) is 24.8 Å². The molecule has 0 unspecified atom stereocenters. The SMILES string of the molecule is CCCNc1nc(Nc2cccc(F)c2)ncc1C=O.CCCNc1nc(Nc2cccc(F)c2)ncc1CNc1cccc(NC(=O)[C@H](C)N(C)C(=O)OC(C)(C)C)c1. The Morgan fingerprint density at radius 2 is 1.30 bits per heavy atom. The Morgan fingerprint density at radius 3 is 1.87 bits per heavy atom. The number of hydrogen-bond acceptors (Lipinski definition) is 13. The van der Waals surface area contributed by atoms with Gasteiger partial charge in [-0.25, -0.2) is 23.5 Å². The van der Waals surface area contributed by atoms with Crippen molar-refractivity contribution in [3.63, 3.8) is 0 Å². The van der Waals surface area contributed by atoms with Gasteiger partial charge in [-0.05, 0) is 95.1 Å². The third kappa shape index (κ3) is 14.8. The topological polar surface area (TPSA) is 187 Å². The normalized spacial score (nSPS) is 11.2. The molecule has 0 fully saturated rings. The van der Waals surface area contributed by atoms with Crippen LogP contribution >= 0.6 is 0 Å². The van der Waals surface area contributed by atoms with Crippen molar-refractivity contribution >= 4 is 64.6 Å². The number of anilines is 8. The molecule has 5 aromatic rings. The van der Waals surface area contributed by atoms with Crippen LogP contribution in [0.4, 0.5) is 59.9 Å². The molecule has 6 N–H and O–H groups in total. The summed E-state index contributed by atoms with van der Waals surface area (Å²) in [7, 11) is 1.53. The largest absolute Gasteiger partial charge is 0.444 e. The van der Waals surface area contributed by atoms with Gasteiger partial charge in [-0.1, -0.05) is 32.0 Å². The van der Waals surface area contributed by atoms with E-state index in [2.05, 4.69) is 58.8 Å². The van der Waals surface area contributed by atoms with Gasteiger partial charge in [0.2, 0.25) is 17.8 Å². The highest BCUT2D eigenvalue weighted by Gasteiger charge is 2.27. The third-order valence-corrected chi connectivity index (χ3v) is 8.31.